The SMILES string of the molecule is Cc1ccc(C#N)c(NCC2(N(C)C)CCC2)n1. The first kappa shape index (κ1) is 12.8. The third-order valence-electron chi connectivity index (χ3n) is 3.97. The second-order valence-electron chi connectivity index (χ2n) is 5.29. The van der Waals surface area contributed by atoms with Gasteiger partial charge in [0.05, 0.1) is 5.56 Å². The van der Waals surface area contributed by atoms with Gasteiger partial charge in [0.15, 0.2) is 0 Å². The number of pyridine rings is 1. The van der Waals surface area contributed by atoms with Gasteiger partial charge in [0, 0.05) is 17.8 Å². The third kappa shape index (κ3) is 2.32. The molecule has 1 aromatic rings. The standard InChI is InChI=1S/C14H20N4/c1-11-5-6-12(9-15)13(17-11)16-10-14(18(2)3)7-4-8-14/h5-6H,4,7-8,10H2,1-3H3,(H,16,17). The molecule has 1 fully saturated rings. The van der Waals surface area contributed by atoms with E-state index in [1.807, 2.05) is 19.1 Å². The van der Waals surface area contributed by atoms with E-state index in [-0.39, 0.29) is 5.54 Å². The molecule has 1 saturated carbocycles. The average Bonchev–Trinajstić information content (AvgIpc) is 2.27. The van der Waals surface area contributed by atoms with E-state index in [0.29, 0.717) is 11.4 Å². The molecule has 1 heterocycles. The maximum atomic E-state index is 9.08. The summed E-state index contributed by atoms with van der Waals surface area (Å²) in [5, 5.41) is 12.4. The van der Waals surface area contributed by atoms with E-state index in [2.05, 4.69) is 35.4 Å². The first-order valence-corrected chi connectivity index (χ1v) is 6.36. The van der Waals surface area contributed by atoms with Gasteiger partial charge in [0.2, 0.25) is 0 Å². The Bertz CT molecular complexity index is 469. The van der Waals surface area contributed by atoms with Crippen LogP contribution in [0, 0.1) is 18.3 Å². The molecule has 1 N–H and O–H groups in total. The second-order valence-corrected chi connectivity index (χ2v) is 5.29. The normalized spacial score (nSPS) is 17.1. The van der Waals surface area contributed by atoms with Gasteiger partial charge in [0.25, 0.3) is 0 Å². The van der Waals surface area contributed by atoms with E-state index in [1.54, 1.807) is 0 Å². The van der Waals surface area contributed by atoms with Crippen molar-refractivity contribution in [2.75, 3.05) is 26.0 Å². The second kappa shape index (κ2) is 4.95. The summed E-state index contributed by atoms with van der Waals surface area (Å²) in [5.41, 5.74) is 1.79. The highest BCUT2D eigenvalue weighted by Gasteiger charge is 2.38. The first-order valence-electron chi connectivity index (χ1n) is 6.36. The van der Waals surface area contributed by atoms with Crippen molar-refractivity contribution in [1.82, 2.24) is 9.88 Å². The molecule has 4 heteroatoms. The van der Waals surface area contributed by atoms with Crippen LogP contribution >= 0.6 is 0 Å². The van der Waals surface area contributed by atoms with Crippen LogP contribution in [0.5, 0.6) is 0 Å². The molecule has 0 aliphatic heterocycles. The maximum Gasteiger partial charge on any atom is 0.144 e. The average molecular weight is 244 g/mol. The van der Waals surface area contributed by atoms with E-state index >= 15 is 0 Å². The summed E-state index contributed by atoms with van der Waals surface area (Å²) in [7, 11) is 4.24. The Morgan fingerprint density at radius 1 is 1.44 bits per heavy atom. The number of nitriles is 1. The van der Waals surface area contributed by atoms with Crippen LogP contribution in [0.25, 0.3) is 0 Å². The Morgan fingerprint density at radius 2 is 2.17 bits per heavy atom. The molecule has 0 aromatic carbocycles. The van der Waals surface area contributed by atoms with Crippen LogP contribution in [0.4, 0.5) is 5.82 Å². The molecule has 0 atom stereocenters. The lowest BCUT2D eigenvalue weighted by Gasteiger charge is -2.47. The molecular formula is C14H20N4. The van der Waals surface area contributed by atoms with E-state index in [4.69, 9.17) is 5.26 Å². The molecule has 0 amide bonds. The van der Waals surface area contributed by atoms with Crippen molar-refractivity contribution in [3.05, 3.63) is 23.4 Å². The van der Waals surface area contributed by atoms with Gasteiger partial charge in [-0.25, -0.2) is 4.98 Å². The molecule has 1 aliphatic carbocycles. The highest BCUT2D eigenvalue weighted by Crippen LogP contribution is 2.36. The van der Waals surface area contributed by atoms with Crippen molar-refractivity contribution in [2.45, 2.75) is 31.7 Å². The minimum Gasteiger partial charge on any atom is -0.367 e. The predicted octanol–water partition coefficient (Wildman–Crippen LogP) is 2.16. The largest absolute Gasteiger partial charge is 0.367 e. The van der Waals surface area contributed by atoms with Crippen LogP contribution in [0.15, 0.2) is 12.1 Å². The predicted molar refractivity (Wildman–Crippen MR) is 72.4 cm³/mol. The number of likely N-dealkylation sites (N-methyl/N-ethyl adjacent to an activating group) is 1. The van der Waals surface area contributed by atoms with Gasteiger partial charge in [-0.3, -0.25) is 0 Å². The Hall–Kier alpha value is -1.60. The number of aryl methyl sites for hydroxylation is 1. The Morgan fingerprint density at radius 3 is 2.67 bits per heavy atom. The van der Waals surface area contributed by atoms with Crippen LogP contribution in [0.2, 0.25) is 0 Å². The van der Waals surface area contributed by atoms with Crippen LogP contribution in [-0.2, 0) is 0 Å². The van der Waals surface area contributed by atoms with Crippen LogP contribution in [0.3, 0.4) is 0 Å². The molecule has 0 radical (unpaired) electrons. The summed E-state index contributed by atoms with van der Waals surface area (Å²) >= 11 is 0. The number of anilines is 1. The summed E-state index contributed by atoms with van der Waals surface area (Å²) in [6.07, 6.45) is 3.70. The summed E-state index contributed by atoms with van der Waals surface area (Å²) < 4.78 is 0. The zero-order chi connectivity index (χ0) is 13.2. The van der Waals surface area contributed by atoms with Crippen molar-refractivity contribution >= 4 is 5.82 Å². The summed E-state index contributed by atoms with van der Waals surface area (Å²) in [6, 6.07) is 5.88. The van der Waals surface area contributed by atoms with E-state index in [0.717, 1.165) is 12.2 Å². The molecule has 0 spiro atoms. The number of hydrogen-bond acceptors (Lipinski definition) is 4. The number of nitrogens with one attached hydrogen (secondary N) is 1. The van der Waals surface area contributed by atoms with Crippen LogP contribution < -0.4 is 5.32 Å². The molecule has 0 unspecified atom stereocenters. The smallest absolute Gasteiger partial charge is 0.144 e. The molecular weight excluding hydrogens is 224 g/mol. The molecule has 1 aromatic heterocycles. The summed E-state index contributed by atoms with van der Waals surface area (Å²) in [6.45, 7) is 2.79. The fraction of sp³-hybridized carbons (Fsp3) is 0.571. The van der Waals surface area contributed by atoms with Crippen molar-refractivity contribution < 1.29 is 0 Å². The fourth-order valence-corrected chi connectivity index (χ4v) is 2.40. The minimum atomic E-state index is 0.234. The quantitative estimate of drug-likeness (QED) is 0.881. The number of rotatable bonds is 4. The lowest BCUT2D eigenvalue weighted by Crippen LogP contribution is -2.54. The highest BCUT2D eigenvalue weighted by atomic mass is 15.2. The third-order valence-corrected chi connectivity index (χ3v) is 3.97. The zero-order valence-electron chi connectivity index (χ0n) is 11.3. The van der Waals surface area contributed by atoms with E-state index in [1.165, 1.54) is 19.3 Å². The van der Waals surface area contributed by atoms with Gasteiger partial charge in [-0.2, -0.15) is 5.26 Å². The van der Waals surface area contributed by atoms with Gasteiger partial charge in [-0.15, -0.1) is 0 Å². The fourth-order valence-electron chi connectivity index (χ4n) is 2.40. The van der Waals surface area contributed by atoms with Crippen molar-refractivity contribution in [3.63, 3.8) is 0 Å². The van der Waals surface area contributed by atoms with Crippen molar-refractivity contribution in [2.24, 2.45) is 0 Å². The molecule has 96 valence electrons. The monoisotopic (exact) mass is 244 g/mol. The Labute approximate surface area is 109 Å². The first-order chi connectivity index (χ1) is 8.57. The number of hydrogen-bond donors (Lipinski definition) is 1. The van der Waals surface area contributed by atoms with Gasteiger partial charge < -0.3 is 10.2 Å². The van der Waals surface area contributed by atoms with Crippen LogP contribution in [0.1, 0.15) is 30.5 Å². The van der Waals surface area contributed by atoms with Crippen LogP contribution in [-0.4, -0.2) is 36.1 Å². The number of aromatic nitrogens is 1. The molecule has 1 aliphatic rings. The molecule has 18 heavy (non-hydrogen) atoms. The highest BCUT2D eigenvalue weighted by molar-refractivity contribution is 5.52. The van der Waals surface area contributed by atoms with E-state index in [9.17, 15) is 0 Å². The lowest BCUT2D eigenvalue weighted by atomic mass is 9.75. The maximum absolute atomic E-state index is 9.08. The summed E-state index contributed by atoms with van der Waals surface area (Å²) in [4.78, 5) is 6.70. The topological polar surface area (TPSA) is 52.0 Å². The summed E-state index contributed by atoms with van der Waals surface area (Å²) in [5.74, 6) is 0.714. The van der Waals surface area contributed by atoms with E-state index < -0.39 is 0 Å². The van der Waals surface area contributed by atoms with Crippen molar-refractivity contribution in [3.8, 4) is 6.07 Å². The van der Waals surface area contributed by atoms with Gasteiger partial charge in [-0.1, -0.05) is 0 Å². The molecule has 4 nitrogen and oxygen atoms in total. The van der Waals surface area contributed by atoms with Gasteiger partial charge in [-0.05, 0) is 52.4 Å². The van der Waals surface area contributed by atoms with Crippen molar-refractivity contribution in [1.29, 1.82) is 5.26 Å². The number of nitrogens with zero attached hydrogens (tertiary/aromatic N) is 3. The Kier molecular flexibility index (Phi) is 3.53. The lowest BCUT2D eigenvalue weighted by molar-refractivity contribution is 0.0738. The molecule has 0 saturated heterocycles. The molecule has 0 bridgehead atoms. The molecule has 2 rings (SSSR count). The Balaban J connectivity index is 2.11. The van der Waals surface area contributed by atoms with Gasteiger partial charge in [0.1, 0.15) is 11.9 Å². The zero-order valence-corrected chi connectivity index (χ0v) is 11.3. The van der Waals surface area contributed by atoms with Gasteiger partial charge >= 0.3 is 0 Å². The minimum absolute atomic E-state index is 0.234.